The van der Waals surface area contributed by atoms with Gasteiger partial charge in [-0.2, -0.15) is 0 Å². The Hall–Kier alpha value is -8.18. The number of hydrogen-bond donors (Lipinski definition) is 12. The summed E-state index contributed by atoms with van der Waals surface area (Å²) < 4.78 is 5.89. The number of carboxylic acids is 4. The van der Waals surface area contributed by atoms with Gasteiger partial charge in [0, 0.05) is 79.7 Å². The van der Waals surface area contributed by atoms with Crippen molar-refractivity contribution in [2.45, 2.75) is 63.1 Å². The second-order valence-corrected chi connectivity index (χ2v) is 16.5. The molecule has 0 unspecified atom stereocenters. The highest BCUT2D eigenvalue weighted by molar-refractivity contribution is 7.80. The minimum absolute atomic E-state index is 0.00315. The zero-order chi connectivity index (χ0) is 50.9. The second kappa shape index (κ2) is 25.3. The van der Waals surface area contributed by atoms with Gasteiger partial charge in [-0.05, 0) is 91.2 Å². The maximum absolute atomic E-state index is 13.3. The minimum Gasteiger partial charge on any atom is -0.508 e. The molecule has 3 aromatic carbocycles. The third-order valence-electron chi connectivity index (χ3n) is 10.5. The SMILES string of the molecule is O=C(O)CC[C@@H](NC(=S)N[C@H](CCC(=O)NCCNC(=O)[C@H](Cc1ccccc1)NC(=O)CCCNC(=S)Nc1ccc(-c2c3ccc(=O)cc-3oc3cc(O)ccc23)c(C(=O)O)c1)C(=O)O)C(=O)O. The number of aromatic carboxylic acids is 1. The highest BCUT2D eigenvalue weighted by Gasteiger charge is 2.26. The van der Waals surface area contributed by atoms with Gasteiger partial charge in [0.05, 0.1) is 5.56 Å². The highest BCUT2D eigenvalue weighted by atomic mass is 32.1. The zero-order valence-corrected chi connectivity index (χ0v) is 38.7. The standard InChI is InChI=1S/C47H49N7O14S2/c55-27-9-12-30-36(23-27)68-37-24-28(56)10-13-31(37)41(30)29-11-8-26(22-32(29)43(62)63)51-46(69)50-18-4-7-39(58)52-35(21-25-5-2-1-3-6-25)42(61)49-20-19-48-38(57)16-14-33(44(64)65)53-47(70)54-34(45(66)67)15-17-40(59)60/h1-3,5-6,8-13,22-24,33-35,55H,4,7,14-21H2,(H,48,57)(H,49,61)(H,52,58)(H,59,60)(H,62,63)(H,64,65)(H,66,67)(H2,50,51,69)(H2,53,54,70)/t33-,34-,35+/m1/s1. The number of aromatic hydroxyl groups is 1. The van der Waals surface area contributed by atoms with Crippen LogP contribution in [0.15, 0.2) is 94.1 Å². The number of rotatable bonds is 24. The van der Waals surface area contributed by atoms with Gasteiger partial charge in [-0.3, -0.25) is 24.0 Å². The molecule has 3 aromatic rings. The Morgan fingerprint density at radius 1 is 0.629 bits per heavy atom. The van der Waals surface area contributed by atoms with Crippen LogP contribution < -0.4 is 42.6 Å². The number of nitrogens with one attached hydrogen (secondary N) is 7. The summed E-state index contributed by atoms with van der Waals surface area (Å²) >= 11 is 10.5. The number of carbonyl (C=O) groups is 7. The maximum Gasteiger partial charge on any atom is 0.336 e. The van der Waals surface area contributed by atoms with E-state index in [2.05, 4.69) is 37.2 Å². The summed E-state index contributed by atoms with van der Waals surface area (Å²) in [5.41, 5.74) is 2.25. The molecule has 0 fully saturated rings. The first-order valence-corrected chi connectivity index (χ1v) is 22.4. The lowest BCUT2D eigenvalue weighted by molar-refractivity contribution is -0.141. The zero-order valence-electron chi connectivity index (χ0n) is 37.1. The lowest BCUT2D eigenvalue weighted by atomic mass is 9.90. The smallest absolute Gasteiger partial charge is 0.336 e. The molecule has 0 radical (unpaired) electrons. The number of phenolic OH excluding ortho intramolecular Hbond substituents is 1. The summed E-state index contributed by atoms with van der Waals surface area (Å²) in [6.07, 6.45) is -0.892. The molecule has 0 bridgehead atoms. The van der Waals surface area contributed by atoms with E-state index in [1.54, 1.807) is 54.6 Å². The number of benzene rings is 4. The average molecular weight is 1000 g/mol. The Labute approximate surface area is 409 Å². The molecule has 0 saturated heterocycles. The fourth-order valence-corrected chi connectivity index (χ4v) is 7.64. The number of anilines is 1. The number of thiocarbonyl (C=S) groups is 2. The number of carbonyl (C=O) groups excluding carboxylic acids is 3. The number of aliphatic carboxylic acids is 3. The van der Waals surface area contributed by atoms with E-state index in [1.807, 2.05) is 0 Å². The highest BCUT2D eigenvalue weighted by Crippen LogP contribution is 2.42. The molecule has 3 atom stereocenters. The number of hydrogen-bond acceptors (Lipinski definition) is 12. The first-order chi connectivity index (χ1) is 33.4. The van der Waals surface area contributed by atoms with E-state index in [0.717, 1.165) is 5.56 Å². The molecule has 368 valence electrons. The van der Waals surface area contributed by atoms with Crippen molar-refractivity contribution in [3.63, 3.8) is 0 Å². The van der Waals surface area contributed by atoms with Crippen molar-refractivity contribution in [2.24, 2.45) is 0 Å². The van der Waals surface area contributed by atoms with Crippen LogP contribution in [0.5, 0.6) is 5.75 Å². The van der Waals surface area contributed by atoms with Crippen molar-refractivity contribution in [1.82, 2.24) is 31.9 Å². The van der Waals surface area contributed by atoms with Gasteiger partial charge in [-0.1, -0.05) is 36.4 Å². The minimum atomic E-state index is -1.39. The molecule has 1 heterocycles. The van der Waals surface area contributed by atoms with Gasteiger partial charge in [0.15, 0.2) is 15.7 Å². The van der Waals surface area contributed by atoms with E-state index >= 15 is 0 Å². The van der Waals surface area contributed by atoms with Crippen LogP contribution in [-0.2, 0) is 35.2 Å². The molecule has 2 aliphatic rings. The summed E-state index contributed by atoms with van der Waals surface area (Å²) in [7, 11) is 0. The molecule has 12 N–H and O–H groups in total. The van der Waals surface area contributed by atoms with Crippen LogP contribution in [0.4, 0.5) is 5.69 Å². The van der Waals surface area contributed by atoms with E-state index in [-0.39, 0.29) is 96.5 Å². The molecule has 21 nitrogen and oxygen atoms in total. The third kappa shape index (κ3) is 15.7. The molecule has 0 aromatic heterocycles. The van der Waals surface area contributed by atoms with Crippen molar-refractivity contribution < 1.29 is 63.5 Å². The second-order valence-electron chi connectivity index (χ2n) is 15.7. The van der Waals surface area contributed by atoms with Gasteiger partial charge in [0.25, 0.3) is 0 Å². The Morgan fingerprint density at radius 2 is 1.30 bits per heavy atom. The Balaban J connectivity index is 1.09. The first kappa shape index (κ1) is 52.8. The number of fused-ring (bicyclic) bond motifs is 2. The summed E-state index contributed by atoms with van der Waals surface area (Å²) in [6, 6.07) is 18.4. The van der Waals surface area contributed by atoms with Crippen molar-refractivity contribution in [2.75, 3.05) is 25.0 Å². The molecule has 23 heteroatoms. The van der Waals surface area contributed by atoms with Gasteiger partial charge >= 0.3 is 23.9 Å². The number of amides is 3. The van der Waals surface area contributed by atoms with Crippen molar-refractivity contribution in [3.05, 3.63) is 106 Å². The van der Waals surface area contributed by atoms with Crippen LogP contribution in [0.3, 0.4) is 0 Å². The Kier molecular flexibility index (Phi) is 19.0. The van der Waals surface area contributed by atoms with E-state index in [4.69, 9.17) is 34.0 Å². The van der Waals surface area contributed by atoms with Crippen molar-refractivity contribution >= 4 is 92.9 Å². The molecule has 0 spiro atoms. The van der Waals surface area contributed by atoms with Crippen LogP contribution in [0.25, 0.3) is 33.4 Å². The molecular weight excluding hydrogens is 951 g/mol. The third-order valence-corrected chi connectivity index (χ3v) is 11.0. The van der Waals surface area contributed by atoms with Crippen molar-refractivity contribution in [1.29, 1.82) is 0 Å². The quantitative estimate of drug-likeness (QED) is 0.0240. The summed E-state index contributed by atoms with van der Waals surface area (Å²) in [4.78, 5) is 97.8. The maximum atomic E-state index is 13.3. The largest absolute Gasteiger partial charge is 0.508 e. The molecule has 5 rings (SSSR count). The van der Waals surface area contributed by atoms with Gasteiger partial charge < -0.3 is 67.2 Å². The van der Waals surface area contributed by atoms with Crippen LogP contribution in [-0.4, -0.2) is 115 Å². The van der Waals surface area contributed by atoms with Crippen molar-refractivity contribution in [3.8, 4) is 28.2 Å². The van der Waals surface area contributed by atoms with Crippen LogP contribution >= 0.6 is 24.4 Å². The predicted molar refractivity (Wildman–Crippen MR) is 263 cm³/mol. The topological polar surface area (TPSA) is 335 Å². The Bertz CT molecular complexity index is 2810. The molecule has 1 aliphatic heterocycles. The lowest BCUT2D eigenvalue weighted by Gasteiger charge is -2.20. The summed E-state index contributed by atoms with van der Waals surface area (Å²) in [6.45, 7) is 0.148. The molecule has 0 saturated carbocycles. The molecular formula is C47H49N7O14S2. The van der Waals surface area contributed by atoms with E-state index in [0.29, 0.717) is 27.8 Å². The fraction of sp³-hybridized carbons (Fsp3) is 0.277. The van der Waals surface area contributed by atoms with Gasteiger partial charge in [0.1, 0.15) is 35.2 Å². The van der Waals surface area contributed by atoms with Gasteiger partial charge in [0.2, 0.25) is 17.7 Å². The predicted octanol–water partition coefficient (Wildman–Crippen LogP) is 3.01. The molecule has 70 heavy (non-hydrogen) atoms. The van der Waals surface area contributed by atoms with Crippen LogP contribution in [0.2, 0.25) is 0 Å². The lowest BCUT2D eigenvalue weighted by Crippen LogP contribution is -2.51. The molecule has 1 aliphatic carbocycles. The average Bonchev–Trinajstić information content (AvgIpc) is 3.30. The van der Waals surface area contributed by atoms with Crippen LogP contribution in [0.1, 0.15) is 54.4 Å². The summed E-state index contributed by atoms with van der Waals surface area (Å²) in [5.74, 6) is -6.62. The summed E-state index contributed by atoms with van der Waals surface area (Å²) in [5, 5.41) is 67.2. The number of carboxylic acid groups (broad SMARTS) is 4. The Morgan fingerprint density at radius 3 is 1.97 bits per heavy atom. The normalized spacial score (nSPS) is 12.1. The monoisotopic (exact) mass is 999 g/mol. The number of phenols is 1. The van der Waals surface area contributed by atoms with E-state index in [1.165, 1.54) is 30.3 Å². The van der Waals surface area contributed by atoms with Gasteiger partial charge in [-0.25, -0.2) is 14.4 Å². The first-order valence-electron chi connectivity index (χ1n) is 21.6. The van der Waals surface area contributed by atoms with Gasteiger partial charge in [-0.15, -0.1) is 0 Å². The van der Waals surface area contributed by atoms with E-state index < -0.39 is 66.1 Å². The van der Waals surface area contributed by atoms with E-state index in [9.17, 15) is 58.8 Å². The van der Waals surface area contributed by atoms with Crippen LogP contribution in [0, 0.1) is 0 Å². The molecule has 3 amide bonds. The fourth-order valence-electron chi connectivity index (χ4n) is 7.13.